The smallest absolute Gasteiger partial charge is 0.162 e. The van der Waals surface area contributed by atoms with Gasteiger partial charge in [-0.1, -0.05) is 12.2 Å². The average Bonchev–Trinajstić information content (AvgIpc) is 2.29. The van der Waals surface area contributed by atoms with Crippen molar-refractivity contribution in [3.63, 3.8) is 0 Å². The van der Waals surface area contributed by atoms with Crippen LogP contribution in [0, 0.1) is 4.64 Å². The number of hydrogen-bond donors (Lipinski definition) is 2. The van der Waals surface area contributed by atoms with E-state index >= 15 is 0 Å². The van der Waals surface area contributed by atoms with E-state index < -0.39 is 0 Å². The van der Waals surface area contributed by atoms with Crippen LogP contribution in [0.1, 0.15) is 0 Å². The third-order valence-electron chi connectivity index (χ3n) is 1.67. The van der Waals surface area contributed by atoms with Gasteiger partial charge in [-0.25, -0.2) is 9.97 Å². The molecule has 0 aliphatic heterocycles. The van der Waals surface area contributed by atoms with Crippen molar-refractivity contribution in [1.82, 2.24) is 19.7 Å². The Bertz CT molecular complexity index is 482. The Morgan fingerprint density at radius 1 is 1.58 bits per heavy atom. The molecule has 0 amide bonds. The standard InChI is InChI=1S/C6H7N5S/c1-11-5-3(6(12)10-11)4(7)8-2-9-5/h2H,1H3,(H,10,12)(H2,7,8,9). The van der Waals surface area contributed by atoms with E-state index in [1.165, 1.54) is 6.33 Å². The number of nitrogens with one attached hydrogen (secondary N) is 1. The molecule has 2 rings (SSSR count). The van der Waals surface area contributed by atoms with Crippen LogP contribution in [0.25, 0.3) is 11.0 Å². The van der Waals surface area contributed by atoms with Gasteiger partial charge in [-0.2, -0.15) is 0 Å². The number of aryl methyl sites for hydroxylation is 1. The third-order valence-corrected chi connectivity index (χ3v) is 1.97. The Labute approximate surface area is 73.2 Å². The molecule has 0 atom stereocenters. The Hall–Kier alpha value is -1.43. The lowest BCUT2D eigenvalue weighted by Crippen LogP contribution is -1.95. The molecule has 6 heteroatoms. The van der Waals surface area contributed by atoms with Crippen LogP contribution in [0.3, 0.4) is 0 Å². The molecular formula is C6H7N5S. The minimum Gasteiger partial charge on any atom is -0.383 e. The molecule has 3 N–H and O–H groups in total. The number of aromatic amines is 1. The zero-order chi connectivity index (χ0) is 8.72. The van der Waals surface area contributed by atoms with Crippen LogP contribution in [0.4, 0.5) is 5.82 Å². The van der Waals surface area contributed by atoms with E-state index in [-0.39, 0.29) is 0 Å². The van der Waals surface area contributed by atoms with Gasteiger partial charge in [0.15, 0.2) is 5.65 Å². The summed E-state index contributed by atoms with van der Waals surface area (Å²) in [6, 6.07) is 0. The number of hydrogen-bond acceptors (Lipinski definition) is 4. The summed E-state index contributed by atoms with van der Waals surface area (Å²) in [5.74, 6) is 0.418. The SMILES string of the molecule is Cn1[nH]c(=S)c2c(N)ncnc21. The summed E-state index contributed by atoms with van der Waals surface area (Å²) in [6.07, 6.45) is 1.42. The number of nitrogens with zero attached hydrogens (tertiary/aromatic N) is 3. The van der Waals surface area contributed by atoms with E-state index in [0.717, 1.165) is 11.0 Å². The predicted octanol–water partition coefficient (Wildman–Crippen LogP) is 0.608. The first-order valence-electron chi connectivity index (χ1n) is 3.35. The number of nitrogen functional groups attached to an aromatic ring is 1. The minimum absolute atomic E-state index is 0.418. The van der Waals surface area contributed by atoms with Gasteiger partial charge in [0.25, 0.3) is 0 Å². The maximum Gasteiger partial charge on any atom is 0.162 e. The van der Waals surface area contributed by atoms with Crippen molar-refractivity contribution >= 4 is 29.1 Å². The first-order valence-corrected chi connectivity index (χ1v) is 3.76. The molecule has 0 saturated heterocycles. The van der Waals surface area contributed by atoms with Crippen molar-refractivity contribution in [2.24, 2.45) is 7.05 Å². The highest BCUT2D eigenvalue weighted by atomic mass is 32.1. The molecule has 2 aromatic rings. The van der Waals surface area contributed by atoms with Gasteiger partial charge in [0, 0.05) is 7.05 Å². The molecule has 0 fully saturated rings. The predicted molar refractivity (Wildman–Crippen MR) is 48.1 cm³/mol. The van der Waals surface area contributed by atoms with Gasteiger partial charge in [-0.05, 0) is 0 Å². The highest BCUT2D eigenvalue weighted by molar-refractivity contribution is 7.71. The van der Waals surface area contributed by atoms with Crippen LogP contribution < -0.4 is 5.73 Å². The minimum atomic E-state index is 0.418. The maximum absolute atomic E-state index is 5.62. The molecule has 62 valence electrons. The molecule has 0 aliphatic carbocycles. The topological polar surface area (TPSA) is 72.5 Å². The third kappa shape index (κ3) is 0.814. The molecular weight excluding hydrogens is 174 g/mol. The number of nitrogens with two attached hydrogens (primary N) is 1. The van der Waals surface area contributed by atoms with Crippen LogP contribution in [0.15, 0.2) is 6.33 Å². The van der Waals surface area contributed by atoms with Gasteiger partial charge in [-0.3, -0.25) is 9.78 Å². The molecule has 2 heterocycles. The number of rotatable bonds is 0. The second-order valence-electron chi connectivity index (χ2n) is 2.46. The van der Waals surface area contributed by atoms with Crippen LogP contribution in [0.2, 0.25) is 0 Å². The summed E-state index contributed by atoms with van der Waals surface area (Å²) >= 11 is 5.03. The lowest BCUT2D eigenvalue weighted by molar-refractivity contribution is 0.781. The molecule has 0 radical (unpaired) electrons. The number of anilines is 1. The van der Waals surface area contributed by atoms with E-state index in [4.69, 9.17) is 18.0 Å². The van der Waals surface area contributed by atoms with Crippen molar-refractivity contribution < 1.29 is 0 Å². The summed E-state index contributed by atoms with van der Waals surface area (Å²) < 4.78 is 2.29. The molecule has 12 heavy (non-hydrogen) atoms. The highest BCUT2D eigenvalue weighted by Gasteiger charge is 2.05. The lowest BCUT2D eigenvalue weighted by atomic mass is 10.4. The van der Waals surface area contributed by atoms with Crippen molar-refractivity contribution in [3.8, 4) is 0 Å². The second-order valence-corrected chi connectivity index (χ2v) is 2.87. The van der Waals surface area contributed by atoms with Gasteiger partial charge in [0.05, 0.1) is 5.39 Å². The summed E-state index contributed by atoms with van der Waals surface area (Å²) in [4.78, 5) is 7.88. The van der Waals surface area contributed by atoms with Gasteiger partial charge >= 0.3 is 0 Å². The number of H-pyrrole nitrogens is 1. The summed E-state index contributed by atoms with van der Waals surface area (Å²) in [5, 5.41) is 3.62. The molecule has 0 saturated carbocycles. The van der Waals surface area contributed by atoms with Crippen LogP contribution in [0.5, 0.6) is 0 Å². The Morgan fingerprint density at radius 3 is 3.00 bits per heavy atom. The van der Waals surface area contributed by atoms with Crippen molar-refractivity contribution in [1.29, 1.82) is 0 Å². The Morgan fingerprint density at radius 2 is 2.33 bits per heavy atom. The number of aromatic nitrogens is 4. The monoisotopic (exact) mass is 181 g/mol. The summed E-state index contributed by atoms with van der Waals surface area (Å²) in [6.45, 7) is 0. The zero-order valence-corrected chi connectivity index (χ0v) is 7.22. The molecule has 0 spiro atoms. The van der Waals surface area contributed by atoms with Gasteiger partial charge in [-0.15, -0.1) is 0 Å². The van der Waals surface area contributed by atoms with E-state index in [9.17, 15) is 0 Å². The highest BCUT2D eigenvalue weighted by Crippen LogP contribution is 2.15. The summed E-state index contributed by atoms with van der Waals surface area (Å²) in [7, 11) is 1.82. The van der Waals surface area contributed by atoms with Gasteiger partial charge < -0.3 is 5.73 Å². The molecule has 0 aliphatic rings. The second kappa shape index (κ2) is 2.28. The van der Waals surface area contributed by atoms with E-state index in [0.29, 0.717) is 10.5 Å². The molecule has 0 unspecified atom stereocenters. The van der Waals surface area contributed by atoms with Crippen LogP contribution in [-0.4, -0.2) is 19.7 Å². The molecule has 2 aromatic heterocycles. The van der Waals surface area contributed by atoms with Crippen molar-refractivity contribution in [3.05, 3.63) is 11.0 Å². The van der Waals surface area contributed by atoms with E-state index in [1.54, 1.807) is 4.68 Å². The quantitative estimate of drug-likeness (QED) is 0.584. The van der Waals surface area contributed by atoms with E-state index in [2.05, 4.69) is 15.1 Å². The Kier molecular flexibility index (Phi) is 1.37. The summed E-state index contributed by atoms with van der Waals surface area (Å²) in [5.41, 5.74) is 6.35. The Balaban J connectivity index is 3.09. The average molecular weight is 181 g/mol. The largest absolute Gasteiger partial charge is 0.383 e. The van der Waals surface area contributed by atoms with Crippen molar-refractivity contribution in [2.45, 2.75) is 0 Å². The normalized spacial score (nSPS) is 10.8. The molecule has 5 nitrogen and oxygen atoms in total. The van der Waals surface area contributed by atoms with Gasteiger partial charge in [0.1, 0.15) is 16.8 Å². The van der Waals surface area contributed by atoms with Crippen LogP contribution in [-0.2, 0) is 7.05 Å². The fourth-order valence-electron chi connectivity index (χ4n) is 1.12. The maximum atomic E-state index is 5.62. The first-order chi connectivity index (χ1) is 5.70. The van der Waals surface area contributed by atoms with Gasteiger partial charge in [0.2, 0.25) is 0 Å². The van der Waals surface area contributed by atoms with E-state index in [1.807, 2.05) is 7.05 Å². The number of fused-ring (bicyclic) bond motifs is 1. The lowest BCUT2D eigenvalue weighted by Gasteiger charge is -1.93. The fourth-order valence-corrected chi connectivity index (χ4v) is 1.46. The van der Waals surface area contributed by atoms with Crippen molar-refractivity contribution in [2.75, 3.05) is 5.73 Å². The molecule has 0 aromatic carbocycles. The first kappa shape index (κ1) is 7.23. The zero-order valence-electron chi connectivity index (χ0n) is 6.40. The van der Waals surface area contributed by atoms with Crippen LogP contribution >= 0.6 is 12.2 Å². The molecule has 0 bridgehead atoms. The fraction of sp³-hybridized carbons (Fsp3) is 0.167.